The molecule has 0 radical (unpaired) electrons. The lowest BCUT2D eigenvalue weighted by atomic mass is 10.2. The number of rotatable bonds is 1. The van der Waals surface area contributed by atoms with Crippen LogP contribution in [0.5, 0.6) is 0 Å². The van der Waals surface area contributed by atoms with Crippen LogP contribution in [-0.4, -0.2) is 26.3 Å². The van der Waals surface area contributed by atoms with E-state index in [4.69, 9.17) is 20.8 Å². The Bertz CT molecular complexity index is 632. The van der Waals surface area contributed by atoms with Crippen LogP contribution in [0.15, 0.2) is 33.5 Å². The molecule has 0 unspecified atom stereocenters. The maximum Gasteiger partial charge on any atom is 0.338 e. The van der Waals surface area contributed by atoms with Crippen molar-refractivity contribution in [1.82, 2.24) is 0 Å². The van der Waals surface area contributed by atoms with Gasteiger partial charge in [-0.1, -0.05) is 11.6 Å². The van der Waals surface area contributed by atoms with Gasteiger partial charge >= 0.3 is 5.63 Å². The van der Waals surface area contributed by atoms with Crippen LogP contribution in [0.2, 0.25) is 5.02 Å². The first kappa shape index (κ1) is 11.6. The van der Waals surface area contributed by atoms with Crippen molar-refractivity contribution < 1.29 is 9.15 Å². The Labute approximate surface area is 109 Å². The van der Waals surface area contributed by atoms with Crippen LogP contribution < -0.4 is 10.5 Å². The summed E-state index contributed by atoms with van der Waals surface area (Å²) in [6, 6.07) is 6.79. The van der Waals surface area contributed by atoms with Crippen molar-refractivity contribution in [3.8, 4) is 0 Å². The van der Waals surface area contributed by atoms with Crippen LogP contribution >= 0.6 is 11.6 Å². The second-order valence-electron chi connectivity index (χ2n) is 4.19. The molecule has 0 aliphatic carbocycles. The lowest BCUT2D eigenvalue weighted by Gasteiger charge is -2.29. The minimum absolute atomic E-state index is 0.341. The Kier molecular flexibility index (Phi) is 2.97. The molecule has 0 bridgehead atoms. The molecule has 0 saturated carbocycles. The monoisotopic (exact) mass is 265 g/mol. The number of halogens is 1. The van der Waals surface area contributed by atoms with Gasteiger partial charge in [-0.2, -0.15) is 0 Å². The van der Waals surface area contributed by atoms with E-state index in [9.17, 15) is 4.79 Å². The predicted octanol–water partition coefficient (Wildman–Crippen LogP) is 2.28. The molecule has 3 rings (SSSR count). The summed E-state index contributed by atoms with van der Waals surface area (Å²) in [6.45, 7) is 2.88. The summed E-state index contributed by atoms with van der Waals surface area (Å²) in [5.41, 5.74) is 1.09. The van der Waals surface area contributed by atoms with Gasteiger partial charge in [-0.15, -0.1) is 0 Å². The average Bonchev–Trinajstić information content (AvgIpc) is 2.39. The van der Waals surface area contributed by atoms with Crippen molar-refractivity contribution in [2.24, 2.45) is 0 Å². The van der Waals surface area contributed by atoms with E-state index in [1.165, 1.54) is 6.07 Å². The van der Waals surface area contributed by atoms with E-state index in [0.29, 0.717) is 23.8 Å². The molecule has 1 aliphatic heterocycles. The second kappa shape index (κ2) is 4.63. The van der Waals surface area contributed by atoms with Gasteiger partial charge in [0, 0.05) is 29.6 Å². The third kappa shape index (κ3) is 2.09. The zero-order valence-electron chi connectivity index (χ0n) is 9.69. The van der Waals surface area contributed by atoms with Crippen LogP contribution in [0.3, 0.4) is 0 Å². The van der Waals surface area contributed by atoms with Crippen LogP contribution in [-0.2, 0) is 4.74 Å². The maximum atomic E-state index is 11.6. The van der Waals surface area contributed by atoms with Crippen molar-refractivity contribution >= 4 is 28.3 Å². The van der Waals surface area contributed by atoms with E-state index in [-0.39, 0.29) is 5.63 Å². The maximum absolute atomic E-state index is 11.6. The Morgan fingerprint density at radius 1 is 1.17 bits per heavy atom. The molecule has 1 saturated heterocycles. The molecule has 0 atom stereocenters. The SMILES string of the molecule is O=c1cc(N2CCOCC2)c2cc(Cl)ccc2o1. The Morgan fingerprint density at radius 2 is 1.94 bits per heavy atom. The second-order valence-corrected chi connectivity index (χ2v) is 4.63. The summed E-state index contributed by atoms with van der Waals surface area (Å²) >= 11 is 6.01. The highest BCUT2D eigenvalue weighted by molar-refractivity contribution is 6.31. The fourth-order valence-corrected chi connectivity index (χ4v) is 2.36. The summed E-state index contributed by atoms with van der Waals surface area (Å²) in [5.74, 6) is 0. The van der Waals surface area contributed by atoms with Gasteiger partial charge < -0.3 is 14.1 Å². The van der Waals surface area contributed by atoms with Crippen LogP contribution in [0.25, 0.3) is 11.0 Å². The molecular formula is C13H12ClNO3. The minimum Gasteiger partial charge on any atom is -0.423 e. The van der Waals surface area contributed by atoms with Crippen LogP contribution in [0, 0.1) is 0 Å². The van der Waals surface area contributed by atoms with Crippen LogP contribution in [0.1, 0.15) is 0 Å². The molecule has 1 aliphatic rings. The molecule has 1 aromatic heterocycles. The molecular weight excluding hydrogens is 254 g/mol. The van der Waals surface area contributed by atoms with E-state index < -0.39 is 0 Å². The topological polar surface area (TPSA) is 42.7 Å². The molecule has 0 amide bonds. The zero-order chi connectivity index (χ0) is 12.5. The molecule has 94 valence electrons. The highest BCUT2D eigenvalue weighted by atomic mass is 35.5. The van der Waals surface area contributed by atoms with E-state index >= 15 is 0 Å². The normalized spacial score (nSPS) is 16.2. The smallest absolute Gasteiger partial charge is 0.338 e. The number of morpholine rings is 1. The fraction of sp³-hybridized carbons (Fsp3) is 0.308. The summed E-state index contributed by atoms with van der Waals surface area (Å²) in [4.78, 5) is 13.7. The fourth-order valence-electron chi connectivity index (χ4n) is 2.18. The van der Waals surface area contributed by atoms with Gasteiger partial charge in [0.15, 0.2) is 0 Å². The molecule has 1 fully saturated rings. The van der Waals surface area contributed by atoms with Gasteiger partial charge in [-0.3, -0.25) is 0 Å². The Hall–Kier alpha value is -1.52. The Balaban J connectivity index is 2.19. The standard InChI is InChI=1S/C13H12ClNO3/c14-9-1-2-12-10(7-9)11(8-13(16)18-12)15-3-5-17-6-4-15/h1-2,7-8H,3-6H2. The van der Waals surface area contributed by atoms with Crippen LogP contribution in [0.4, 0.5) is 5.69 Å². The minimum atomic E-state index is -0.341. The third-order valence-corrected chi connectivity index (χ3v) is 3.27. The lowest BCUT2D eigenvalue weighted by Crippen LogP contribution is -2.36. The number of nitrogens with zero attached hydrogens (tertiary/aromatic N) is 1. The molecule has 2 aromatic rings. The molecule has 18 heavy (non-hydrogen) atoms. The van der Waals surface area contributed by atoms with Crippen molar-refractivity contribution in [2.45, 2.75) is 0 Å². The van der Waals surface area contributed by atoms with Crippen molar-refractivity contribution in [2.75, 3.05) is 31.2 Å². The lowest BCUT2D eigenvalue weighted by molar-refractivity contribution is 0.123. The first-order chi connectivity index (χ1) is 8.74. The average molecular weight is 266 g/mol. The zero-order valence-corrected chi connectivity index (χ0v) is 10.4. The van der Waals surface area contributed by atoms with Gasteiger partial charge in [-0.05, 0) is 18.2 Å². The van der Waals surface area contributed by atoms with Gasteiger partial charge in [0.05, 0.1) is 18.9 Å². The summed E-state index contributed by atoms with van der Waals surface area (Å²) < 4.78 is 10.5. The summed E-state index contributed by atoms with van der Waals surface area (Å²) in [5, 5.41) is 1.50. The number of anilines is 1. The van der Waals surface area contributed by atoms with E-state index in [1.54, 1.807) is 12.1 Å². The highest BCUT2D eigenvalue weighted by Gasteiger charge is 2.16. The number of hydrogen-bond donors (Lipinski definition) is 0. The summed E-state index contributed by atoms with van der Waals surface area (Å²) in [7, 11) is 0. The quantitative estimate of drug-likeness (QED) is 0.742. The van der Waals surface area contributed by atoms with E-state index in [1.807, 2.05) is 6.07 Å². The summed E-state index contributed by atoms with van der Waals surface area (Å²) in [6.07, 6.45) is 0. The van der Waals surface area contributed by atoms with Gasteiger partial charge in [0.25, 0.3) is 0 Å². The van der Waals surface area contributed by atoms with E-state index in [2.05, 4.69) is 4.90 Å². The highest BCUT2D eigenvalue weighted by Crippen LogP contribution is 2.28. The molecule has 0 N–H and O–H groups in total. The molecule has 2 heterocycles. The first-order valence-electron chi connectivity index (χ1n) is 5.80. The van der Waals surface area contributed by atoms with Gasteiger partial charge in [-0.25, -0.2) is 4.79 Å². The number of benzene rings is 1. The number of hydrogen-bond acceptors (Lipinski definition) is 4. The van der Waals surface area contributed by atoms with Crippen molar-refractivity contribution in [1.29, 1.82) is 0 Å². The largest absolute Gasteiger partial charge is 0.423 e. The molecule has 5 heteroatoms. The molecule has 1 aromatic carbocycles. The first-order valence-corrected chi connectivity index (χ1v) is 6.18. The third-order valence-electron chi connectivity index (χ3n) is 3.03. The predicted molar refractivity (Wildman–Crippen MR) is 70.5 cm³/mol. The molecule has 0 spiro atoms. The van der Waals surface area contributed by atoms with Crippen molar-refractivity contribution in [3.05, 3.63) is 39.7 Å². The number of fused-ring (bicyclic) bond motifs is 1. The van der Waals surface area contributed by atoms with Gasteiger partial charge in [0.2, 0.25) is 0 Å². The molecule has 4 nitrogen and oxygen atoms in total. The van der Waals surface area contributed by atoms with Crippen molar-refractivity contribution in [3.63, 3.8) is 0 Å². The van der Waals surface area contributed by atoms with Gasteiger partial charge in [0.1, 0.15) is 5.58 Å². The van der Waals surface area contributed by atoms with E-state index in [0.717, 1.165) is 24.2 Å². The Morgan fingerprint density at radius 3 is 2.72 bits per heavy atom. The number of ether oxygens (including phenoxy) is 1.